The molecule has 3 rings (SSSR count). The second-order valence-electron chi connectivity index (χ2n) is 8.69. The zero-order valence-electron chi connectivity index (χ0n) is 17.8. The van der Waals surface area contributed by atoms with Crippen molar-refractivity contribution in [3.63, 3.8) is 0 Å². The lowest BCUT2D eigenvalue weighted by Crippen LogP contribution is -2.50. The first-order valence-electron chi connectivity index (χ1n) is 10.2. The molecular weight excluding hydrogens is 420 g/mol. The molecule has 1 aliphatic rings. The maximum Gasteiger partial charge on any atom is 0.243 e. The molecule has 0 unspecified atom stereocenters. The van der Waals surface area contributed by atoms with E-state index in [1.54, 1.807) is 17.0 Å². The molecule has 7 heteroatoms. The number of carbonyl (C=O) groups excluding carboxylic acids is 1. The van der Waals surface area contributed by atoms with Crippen molar-refractivity contribution in [1.29, 1.82) is 0 Å². The van der Waals surface area contributed by atoms with Crippen LogP contribution < -0.4 is 0 Å². The van der Waals surface area contributed by atoms with Gasteiger partial charge in [0.1, 0.15) is 0 Å². The maximum atomic E-state index is 13.0. The van der Waals surface area contributed by atoms with E-state index in [2.05, 4.69) is 20.8 Å². The van der Waals surface area contributed by atoms with Gasteiger partial charge in [0, 0.05) is 37.6 Å². The Morgan fingerprint density at radius 2 is 1.50 bits per heavy atom. The van der Waals surface area contributed by atoms with E-state index in [9.17, 15) is 13.2 Å². The first-order chi connectivity index (χ1) is 14.1. The number of amides is 1. The van der Waals surface area contributed by atoms with Crippen molar-refractivity contribution in [2.45, 2.75) is 43.9 Å². The summed E-state index contributed by atoms with van der Waals surface area (Å²) >= 11 is 5.89. The molecule has 0 aliphatic carbocycles. The van der Waals surface area contributed by atoms with E-state index in [0.29, 0.717) is 48.9 Å². The van der Waals surface area contributed by atoms with Crippen LogP contribution in [0.5, 0.6) is 0 Å². The first kappa shape index (κ1) is 22.8. The number of sulfonamides is 1. The molecule has 2 aromatic rings. The number of benzene rings is 2. The second kappa shape index (κ2) is 9.08. The van der Waals surface area contributed by atoms with Gasteiger partial charge in [0.25, 0.3) is 0 Å². The molecule has 0 radical (unpaired) electrons. The van der Waals surface area contributed by atoms with E-state index in [1.807, 2.05) is 36.4 Å². The summed E-state index contributed by atoms with van der Waals surface area (Å²) < 4.78 is 27.4. The number of rotatable bonds is 5. The third-order valence-corrected chi connectivity index (χ3v) is 7.66. The van der Waals surface area contributed by atoms with E-state index < -0.39 is 10.0 Å². The highest BCUT2D eigenvalue weighted by Crippen LogP contribution is 2.25. The fourth-order valence-electron chi connectivity index (χ4n) is 3.51. The van der Waals surface area contributed by atoms with Gasteiger partial charge >= 0.3 is 0 Å². The van der Waals surface area contributed by atoms with Crippen LogP contribution >= 0.6 is 11.6 Å². The lowest BCUT2D eigenvalue weighted by atomic mass is 9.87. The Morgan fingerprint density at radius 1 is 0.933 bits per heavy atom. The SMILES string of the molecule is CC(C)(C)c1ccc(S(=O)(=O)N2CCN(C(=O)CCc3ccc(Cl)cc3)CC2)cc1. The van der Waals surface area contributed by atoms with Crippen LogP contribution in [-0.4, -0.2) is 49.7 Å². The topological polar surface area (TPSA) is 57.7 Å². The van der Waals surface area contributed by atoms with Gasteiger partial charge in [0.05, 0.1) is 4.90 Å². The first-order valence-corrected chi connectivity index (χ1v) is 12.0. The van der Waals surface area contributed by atoms with E-state index in [1.165, 1.54) is 4.31 Å². The Labute approximate surface area is 184 Å². The summed E-state index contributed by atoms with van der Waals surface area (Å²) in [5.41, 5.74) is 2.13. The van der Waals surface area contributed by atoms with Gasteiger partial charge in [-0.15, -0.1) is 0 Å². The molecular formula is C23H29ClN2O3S. The van der Waals surface area contributed by atoms with E-state index in [-0.39, 0.29) is 11.3 Å². The predicted octanol–water partition coefficient (Wildman–Crippen LogP) is 4.10. The van der Waals surface area contributed by atoms with Crippen LogP contribution in [0, 0.1) is 0 Å². The summed E-state index contributed by atoms with van der Waals surface area (Å²) in [5.74, 6) is 0.0523. The van der Waals surface area contributed by atoms with Crippen molar-refractivity contribution < 1.29 is 13.2 Å². The standard InChI is InChI=1S/C23H29ClN2O3S/c1-23(2,3)19-7-11-21(12-8-19)30(28,29)26-16-14-25(15-17-26)22(27)13-6-18-4-9-20(24)10-5-18/h4-5,7-12H,6,13-17H2,1-3H3. The van der Waals surface area contributed by atoms with Gasteiger partial charge in [-0.2, -0.15) is 4.31 Å². The summed E-state index contributed by atoms with van der Waals surface area (Å²) in [6, 6.07) is 14.6. The Balaban J connectivity index is 1.56. The third-order valence-electron chi connectivity index (χ3n) is 5.49. The van der Waals surface area contributed by atoms with Gasteiger partial charge in [-0.25, -0.2) is 8.42 Å². The molecule has 1 heterocycles. The number of hydrogen-bond donors (Lipinski definition) is 0. The van der Waals surface area contributed by atoms with Gasteiger partial charge in [-0.05, 0) is 47.2 Å². The van der Waals surface area contributed by atoms with Crippen molar-refractivity contribution in [2.75, 3.05) is 26.2 Å². The largest absolute Gasteiger partial charge is 0.340 e. The van der Waals surface area contributed by atoms with Crippen LogP contribution in [-0.2, 0) is 26.7 Å². The zero-order valence-corrected chi connectivity index (χ0v) is 19.3. The van der Waals surface area contributed by atoms with Crippen molar-refractivity contribution in [3.05, 3.63) is 64.7 Å². The maximum absolute atomic E-state index is 13.0. The van der Waals surface area contributed by atoms with Crippen LogP contribution in [0.25, 0.3) is 0 Å². The summed E-state index contributed by atoms with van der Waals surface area (Å²) in [6.07, 6.45) is 1.05. The molecule has 0 spiro atoms. The quantitative estimate of drug-likeness (QED) is 0.691. The highest BCUT2D eigenvalue weighted by Gasteiger charge is 2.30. The zero-order chi connectivity index (χ0) is 21.9. The molecule has 1 amide bonds. The number of hydrogen-bond acceptors (Lipinski definition) is 3. The minimum atomic E-state index is -3.55. The van der Waals surface area contributed by atoms with Gasteiger partial charge in [-0.1, -0.05) is 56.6 Å². The van der Waals surface area contributed by atoms with Crippen molar-refractivity contribution >= 4 is 27.5 Å². The number of piperazine rings is 1. The van der Waals surface area contributed by atoms with Gasteiger partial charge in [-0.3, -0.25) is 4.79 Å². The van der Waals surface area contributed by atoms with Crippen molar-refractivity contribution in [2.24, 2.45) is 0 Å². The van der Waals surface area contributed by atoms with Crippen LogP contribution in [0.2, 0.25) is 5.02 Å². The smallest absolute Gasteiger partial charge is 0.243 e. The number of nitrogens with zero attached hydrogens (tertiary/aromatic N) is 2. The molecule has 0 aromatic heterocycles. The fourth-order valence-corrected chi connectivity index (χ4v) is 5.06. The number of halogens is 1. The highest BCUT2D eigenvalue weighted by molar-refractivity contribution is 7.89. The molecule has 1 saturated heterocycles. The highest BCUT2D eigenvalue weighted by atomic mass is 35.5. The Hall–Kier alpha value is -1.89. The van der Waals surface area contributed by atoms with Crippen LogP contribution in [0.1, 0.15) is 38.3 Å². The fraction of sp³-hybridized carbons (Fsp3) is 0.435. The van der Waals surface area contributed by atoms with Crippen LogP contribution in [0.3, 0.4) is 0 Å². The Morgan fingerprint density at radius 3 is 2.03 bits per heavy atom. The van der Waals surface area contributed by atoms with Crippen LogP contribution in [0.15, 0.2) is 53.4 Å². The predicted molar refractivity (Wildman–Crippen MR) is 120 cm³/mol. The molecule has 0 atom stereocenters. The van der Waals surface area contributed by atoms with Gasteiger partial charge in [0.2, 0.25) is 15.9 Å². The minimum absolute atomic E-state index is 0.0275. The molecule has 0 bridgehead atoms. The molecule has 1 fully saturated rings. The molecule has 30 heavy (non-hydrogen) atoms. The summed E-state index contributed by atoms with van der Waals surface area (Å²) in [7, 11) is -3.55. The average Bonchev–Trinajstić information content (AvgIpc) is 2.72. The Bertz CT molecular complexity index is 973. The van der Waals surface area contributed by atoms with E-state index >= 15 is 0 Å². The average molecular weight is 449 g/mol. The molecule has 162 valence electrons. The second-order valence-corrected chi connectivity index (χ2v) is 11.1. The summed E-state index contributed by atoms with van der Waals surface area (Å²) in [5, 5.41) is 0.676. The van der Waals surface area contributed by atoms with Gasteiger partial charge in [0.15, 0.2) is 0 Å². The van der Waals surface area contributed by atoms with E-state index in [4.69, 9.17) is 11.6 Å². The Kier molecular flexibility index (Phi) is 6.90. The minimum Gasteiger partial charge on any atom is -0.340 e. The third kappa shape index (κ3) is 5.42. The number of aryl methyl sites for hydroxylation is 1. The molecule has 0 saturated carbocycles. The number of carbonyl (C=O) groups is 1. The van der Waals surface area contributed by atoms with Crippen molar-refractivity contribution in [3.8, 4) is 0 Å². The van der Waals surface area contributed by atoms with Gasteiger partial charge < -0.3 is 4.90 Å². The lowest BCUT2D eigenvalue weighted by molar-refractivity contribution is -0.132. The monoisotopic (exact) mass is 448 g/mol. The molecule has 0 N–H and O–H groups in total. The van der Waals surface area contributed by atoms with E-state index in [0.717, 1.165) is 11.1 Å². The molecule has 2 aromatic carbocycles. The van der Waals surface area contributed by atoms with Crippen LogP contribution in [0.4, 0.5) is 0 Å². The summed E-state index contributed by atoms with van der Waals surface area (Å²) in [4.78, 5) is 14.6. The molecule has 5 nitrogen and oxygen atoms in total. The lowest BCUT2D eigenvalue weighted by Gasteiger charge is -2.34. The summed E-state index contributed by atoms with van der Waals surface area (Å²) in [6.45, 7) is 7.75. The normalized spacial score (nSPS) is 15.9. The van der Waals surface area contributed by atoms with Crippen molar-refractivity contribution in [1.82, 2.24) is 9.21 Å². The molecule has 1 aliphatic heterocycles.